The van der Waals surface area contributed by atoms with Crippen LogP contribution in [0, 0.1) is 24.7 Å². The highest BCUT2D eigenvalue weighted by atomic mass is 19.4. The molecule has 0 spiro atoms. The van der Waals surface area contributed by atoms with E-state index in [1.165, 1.54) is 24.3 Å². The lowest BCUT2D eigenvalue weighted by Crippen LogP contribution is -2.30. The second-order valence-corrected chi connectivity index (χ2v) is 4.90. The molecule has 0 N–H and O–H groups in total. The van der Waals surface area contributed by atoms with Crippen LogP contribution < -0.4 is 4.90 Å². The largest absolute Gasteiger partial charge is 0.397 e. The fourth-order valence-corrected chi connectivity index (χ4v) is 2.10. The molecule has 0 saturated heterocycles. The van der Waals surface area contributed by atoms with Gasteiger partial charge in [0.1, 0.15) is 6.42 Å². The van der Waals surface area contributed by atoms with Gasteiger partial charge in [-0.2, -0.15) is 13.2 Å². The van der Waals surface area contributed by atoms with E-state index in [9.17, 15) is 18.0 Å². The van der Waals surface area contributed by atoms with E-state index < -0.39 is 18.5 Å². The van der Waals surface area contributed by atoms with Crippen LogP contribution in [0.3, 0.4) is 0 Å². The van der Waals surface area contributed by atoms with Gasteiger partial charge in [0.25, 0.3) is 0 Å². The highest BCUT2D eigenvalue weighted by Gasteiger charge is 2.34. The van der Waals surface area contributed by atoms with Crippen molar-refractivity contribution in [3.8, 4) is 24.7 Å². The summed E-state index contributed by atoms with van der Waals surface area (Å²) in [6.07, 6.45) is 4.36. The van der Waals surface area contributed by atoms with E-state index >= 15 is 0 Å². The zero-order chi connectivity index (χ0) is 17.7. The summed E-state index contributed by atoms with van der Waals surface area (Å²) in [6.45, 7) is 0. The van der Waals surface area contributed by atoms with Crippen LogP contribution in [0.25, 0.3) is 0 Å². The summed E-state index contributed by atoms with van der Waals surface area (Å²) < 4.78 is 37.9. The maximum atomic E-state index is 12.6. The molecule has 0 aliphatic carbocycles. The van der Waals surface area contributed by atoms with E-state index in [0.29, 0.717) is 11.1 Å². The lowest BCUT2D eigenvalue weighted by Gasteiger charge is -2.24. The standard InChI is InChI=1S/C19H12F3NO/c1-3-14-5-9-16(10-6-14)23(18(24)13-19(20,21)22)17-11-7-15(4-2)8-12-17/h1-2,5-12H,13H2. The molecule has 2 aromatic rings. The lowest BCUT2D eigenvalue weighted by atomic mass is 10.1. The van der Waals surface area contributed by atoms with Crippen molar-refractivity contribution in [1.82, 2.24) is 0 Å². The van der Waals surface area contributed by atoms with E-state index in [1.54, 1.807) is 24.3 Å². The summed E-state index contributed by atoms with van der Waals surface area (Å²) in [6, 6.07) is 12.2. The molecule has 24 heavy (non-hydrogen) atoms. The number of halogens is 3. The van der Waals surface area contributed by atoms with Crippen LogP contribution in [0.1, 0.15) is 17.5 Å². The predicted molar refractivity (Wildman–Crippen MR) is 86.6 cm³/mol. The number of terminal acetylenes is 2. The van der Waals surface area contributed by atoms with Crippen molar-refractivity contribution in [3.05, 3.63) is 59.7 Å². The molecule has 0 unspecified atom stereocenters. The molecule has 2 rings (SSSR count). The molecule has 0 aliphatic heterocycles. The van der Waals surface area contributed by atoms with Crippen LogP contribution in [0.5, 0.6) is 0 Å². The van der Waals surface area contributed by atoms with Crippen molar-refractivity contribution in [2.24, 2.45) is 0 Å². The Morgan fingerprint density at radius 3 is 1.54 bits per heavy atom. The Hall–Kier alpha value is -3.18. The van der Waals surface area contributed by atoms with Gasteiger partial charge >= 0.3 is 6.18 Å². The monoisotopic (exact) mass is 327 g/mol. The second-order valence-electron chi connectivity index (χ2n) is 4.90. The molecule has 5 heteroatoms. The molecule has 0 aliphatic rings. The third kappa shape index (κ3) is 4.18. The van der Waals surface area contributed by atoms with Crippen molar-refractivity contribution in [1.29, 1.82) is 0 Å². The van der Waals surface area contributed by atoms with Crippen molar-refractivity contribution in [2.45, 2.75) is 12.6 Å². The first-order valence-corrected chi connectivity index (χ1v) is 6.87. The Bertz CT molecular complexity index is 749. The molecule has 0 radical (unpaired) electrons. The molecule has 2 aromatic carbocycles. The Labute approximate surface area is 137 Å². The topological polar surface area (TPSA) is 20.3 Å². The predicted octanol–water partition coefficient (Wildman–Crippen LogP) is 4.27. The van der Waals surface area contributed by atoms with E-state index in [1.807, 2.05) is 0 Å². The van der Waals surface area contributed by atoms with Crippen molar-refractivity contribution < 1.29 is 18.0 Å². The SMILES string of the molecule is C#Cc1ccc(N(C(=O)CC(F)(F)F)c2ccc(C#C)cc2)cc1. The number of hydrogen-bond acceptors (Lipinski definition) is 1. The number of carbonyl (C=O) groups is 1. The Kier molecular flexibility index (Phi) is 4.96. The number of carbonyl (C=O) groups excluding carboxylic acids is 1. The third-order valence-corrected chi connectivity index (χ3v) is 3.19. The zero-order valence-corrected chi connectivity index (χ0v) is 12.5. The van der Waals surface area contributed by atoms with Gasteiger partial charge in [-0.3, -0.25) is 9.69 Å². The highest BCUT2D eigenvalue weighted by molar-refractivity contribution is 6.00. The fraction of sp³-hybridized carbons (Fsp3) is 0.105. The third-order valence-electron chi connectivity index (χ3n) is 3.19. The van der Waals surface area contributed by atoms with Gasteiger partial charge in [0.2, 0.25) is 5.91 Å². The van der Waals surface area contributed by atoms with Gasteiger partial charge in [-0.25, -0.2) is 0 Å². The number of hydrogen-bond donors (Lipinski definition) is 0. The van der Waals surface area contributed by atoms with Gasteiger partial charge in [-0.1, -0.05) is 11.8 Å². The number of amides is 1. The summed E-state index contributed by atoms with van der Waals surface area (Å²) >= 11 is 0. The van der Waals surface area contributed by atoms with Gasteiger partial charge in [0.05, 0.1) is 0 Å². The van der Waals surface area contributed by atoms with Gasteiger partial charge in [-0.05, 0) is 48.5 Å². The number of benzene rings is 2. The van der Waals surface area contributed by atoms with Crippen LogP contribution >= 0.6 is 0 Å². The number of anilines is 2. The normalized spacial score (nSPS) is 10.5. The van der Waals surface area contributed by atoms with Crippen LogP contribution in [0.15, 0.2) is 48.5 Å². The van der Waals surface area contributed by atoms with Crippen LogP contribution in [0.4, 0.5) is 24.5 Å². The maximum absolute atomic E-state index is 12.6. The highest BCUT2D eigenvalue weighted by Crippen LogP contribution is 2.30. The number of rotatable bonds is 3. The zero-order valence-electron chi connectivity index (χ0n) is 12.5. The molecule has 0 fully saturated rings. The molecule has 2 nitrogen and oxygen atoms in total. The Morgan fingerprint density at radius 2 is 1.25 bits per heavy atom. The first-order valence-electron chi connectivity index (χ1n) is 6.87. The molecular formula is C19H12F3NO. The van der Waals surface area contributed by atoms with E-state index in [4.69, 9.17) is 12.8 Å². The Balaban J connectivity index is 2.45. The summed E-state index contributed by atoms with van der Waals surface area (Å²) in [7, 11) is 0. The molecule has 0 atom stereocenters. The minimum atomic E-state index is -4.60. The molecule has 0 aromatic heterocycles. The first kappa shape index (κ1) is 17.2. The number of nitrogens with zero attached hydrogens (tertiary/aromatic N) is 1. The minimum absolute atomic E-state index is 0.289. The Morgan fingerprint density at radius 1 is 0.875 bits per heavy atom. The molecule has 120 valence electrons. The fourth-order valence-electron chi connectivity index (χ4n) is 2.10. The van der Waals surface area contributed by atoms with Gasteiger partial charge < -0.3 is 0 Å². The van der Waals surface area contributed by atoms with Crippen LogP contribution in [-0.2, 0) is 4.79 Å². The number of alkyl halides is 3. The molecular weight excluding hydrogens is 315 g/mol. The van der Waals surface area contributed by atoms with Crippen molar-refractivity contribution in [3.63, 3.8) is 0 Å². The van der Waals surface area contributed by atoms with Crippen LogP contribution in [-0.4, -0.2) is 12.1 Å². The summed E-state index contributed by atoms with van der Waals surface area (Å²) in [5.41, 5.74) is 1.70. The van der Waals surface area contributed by atoms with Crippen molar-refractivity contribution >= 4 is 17.3 Å². The van der Waals surface area contributed by atoms with E-state index in [0.717, 1.165) is 4.90 Å². The maximum Gasteiger partial charge on any atom is 0.397 e. The minimum Gasteiger partial charge on any atom is -0.281 e. The van der Waals surface area contributed by atoms with E-state index in [-0.39, 0.29) is 11.4 Å². The van der Waals surface area contributed by atoms with Crippen LogP contribution in [0.2, 0.25) is 0 Å². The second kappa shape index (κ2) is 6.93. The average molecular weight is 327 g/mol. The molecule has 0 heterocycles. The molecule has 0 bridgehead atoms. The average Bonchev–Trinajstić information content (AvgIpc) is 2.55. The summed E-state index contributed by atoms with van der Waals surface area (Å²) in [4.78, 5) is 13.2. The van der Waals surface area contributed by atoms with Crippen molar-refractivity contribution in [2.75, 3.05) is 4.90 Å². The first-order chi connectivity index (χ1) is 11.3. The van der Waals surface area contributed by atoms with Gasteiger partial charge in [0, 0.05) is 22.5 Å². The summed E-state index contributed by atoms with van der Waals surface area (Å²) in [5.74, 6) is 3.73. The quantitative estimate of drug-likeness (QED) is 0.771. The van der Waals surface area contributed by atoms with Gasteiger partial charge in [0.15, 0.2) is 0 Å². The van der Waals surface area contributed by atoms with Gasteiger partial charge in [-0.15, -0.1) is 12.8 Å². The van der Waals surface area contributed by atoms with E-state index in [2.05, 4.69) is 11.8 Å². The molecule has 0 saturated carbocycles. The summed E-state index contributed by atoms with van der Waals surface area (Å²) in [5, 5.41) is 0. The molecule has 1 amide bonds. The smallest absolute Gasteiger partial charge is 0.281 e. The lowest BCUT2D eigenvalue weighted by molar-refractivity contribution is -0.151.